The van der Waals surface area contributed by atoms with E-state index in [0.29, 0.717) is 28.6 Å². The standard InChI is InChI=1S/C25H23ClN2O3/c1-16-7-9-17(10-8-16)22(28-15-18-5-3-4-6-20(18)25(28)30)14-24(29)27-19-11-12-23(31-2)21(26)13-19/h3-13,22H,14-15H2,1-2H3,(H,27,29)/t22-/m0/s1. The molecule has 1 aliphatic heterocycles. The molecule has 0 saturated heterocycles. The highest BCUT2D eigenvalue weighted by molar-refractivity contribution is 6.32. The lowest BCUT2D eigenvalue weighted by atomic mass is 10.00. The number of nitrogens with zero attached hydrogens (tertiary/aromatic N) is 1. The van der Waals surface area contributed by atoms with Gasteiger partial charge in [-0.1, -0.05) is 59.6 Å². The fourth-order valence-corrected chi connectivity index (χ4v) is 4.11. The molecule has 0 radical (unpaired) electrons. The van der Waals surface area contributed by atoms with Crippen LogP contribution in [0.25, 0.3) is 0 Å². The van der Waals surface area contributed by atoms with E-state index >= 15 is 0 Å². The summed E-state index contributed by atoms with van der Waals surface area (Å²) in [6, 6.07) is 20.2. The normalized spacial score (nSPS) is 13.6. The number of halogens is 1. The maximum absolute atomic E-state index is 13.1. The van der Waals surface area contributed by atoms with E-state index in [4.69, 9.17) is 16.3 Å². The number of carbonyl (C=O) groups is 2. The molecule has 1 N–H and O–H groups in total. The monoisotopic (exact) mass is 434 g/mol. The van der Waals surface area contributed by atoms with E-state index in [1.54, 1.807) is 23.1 Å². The zero-order valence-corrected chi connectivity index (χ0v) is 18.1. The molecule has 2 amide bonds. The van der Waals surface area contributed by atoms with Crippen molar-refractivity contribution in [2.75, 3.05) is 12.4 Å². The van der Waals surface area contributed by atoms with Gasteiger partial charge in [0.05, 0.1) is 24.6 Å². The van der Waals surface area contributed by atoms with Gasteiger partial charge in [-0.25, -0.2) is 0 Å². The SMILES string of the molecule is COc1ccc(NC(=O)C[C@@H](c2ccc(C)cc2)N2Cc3ccccc3C2=O)cc1Cl. The molecule has 0 unspecified atom stereocenters. The topological polar surface area (TPSA) is 58.6 Å². The second kappa shape index (κ2) is 8.82. The minimum atomic E-state index is -0.380. The number of aryl methyl sites for hydroxylation is 1. The molecule has 0 aliphatic carbocycles. The summed E-state index contributed by atoms with van der Waals surface area (Å²) in [5, 5.41) is 3.31. The molecule has 3 aromatic rings. The van der Waals surface area contributed by atoms with Crippen LogP contribution in [0.4, 0.5) is 5.69 Å². The average Bonchev–Trinajstić information content (AvgIpc) is 3.09. The quantitative estimate of drug-likeness (QED) is 0.566. The van der Waals surface area contributed by atoms with E-state index in [9.17, 15) is 9.59 Å². The predicted molar refractivity (Wildman–Crippen MR) is 121 cm³/mol. The summed E-state index contributed by atoms with van der Waals surface area (Å²) >= 11 is 6.17. The number of rotatable bonds is 6. The highest BCUT2D eigenvalue weighted by Crippen LogP contribution is 2.34. The highest BCUT2D eigenvalue weighted by Gasteiger charge is 2.34. The van der Waals surface area contributed by atoms with Gasteiger partial charge >= 0.3 is 0 Å². The van der Waals surface area contributed by atoms with Crippen LogP contribution >= 0.6 is 11.6 Å². The van der Waals surface area contributed by atoms with Crippen LogP contribution in [-0.2, 0) is 11.3 Å². The molecule has 0 fully saturated rings. The summed E-state index contributed by atoms with van der Waals surface area (Å²) in [6.07, 6.45) is 0.131. The lowest BCUT2D eigenvalue weighted by molar-refractivity contribution is -0.117. The molecule has 0 aromatic heterocycles. The Morgan fingerprint density at radius 3 is 2.55 bits per heavy atom. The Morgan fingerprint density at radius 1 is 1.13 bits per heavy atom. The molecule has 0 saturated carbocycles. The number of amides is 2. The maximum atomic E-state index is 13.1. The van der Waals surface area contributed by atoms with Gasteiger partial charge in [0.2, 0.25) is 5.91 Å². The van der Waals surface area contributed by atoms with Crippen molar-refractivity contribution >= 4 is 29.1 Å². The summed E-state index contributed by atoms with van der Waals surface area (Å²) in [7, 11) is 1.54. The summed E-state index contributed by atoms with van der Waals surface area (Å²) in [5.74, 6) is 0.287. The maximum Gasteiger partial charge on any atom is 0.255 e. The van der Waals surface area contributed by atoms with Crippen molar-refractivity contribution in [3.05, 3.63) is 94.0 Å². The van der Waals surface area contributed by atoms with E-state index in [0.717, 1.165) is 16.7 Å². The first-order chi connectivity index (χ1) is 15.0. The summed E-state index contributed by atoms with van der Waals surface area (Å²) in [5.41, 5.74) is 4.30. The van der Waals surface area contributed by atoms with Gasteiger partial charge in [0.1, 0.15) is 5.75 Å². The molecule has 3 aromatic carbocycles. The third kappa shape index (κ3) is 4.42. The second-order valence-electron chi connectivity index (χ2n) is 7.62. The summed E-state index contributed by atoms with van der Waals surface area (Å²) < 4.78 is 5.16. The van der Waals surface area contributed by atoms with Crippen LogP contribution in [-0.4, -0.2) is 23.8 Å². The zero-order chi connectivity index (χ0) is 22.0. The minimum Gasteiger partial charge on any atom is -0.495 e. The first-order valence-corrected chi connectivity index (χ1v) is 10.4. The molecule has 1 heterocycles. The molecule has 31 heavy (non-hydrogen) atoms. The Balaban J connectivity index is 1.58. The molecule has 4 rings (SSSR count). The van der Waals surface area contributed by atoms with Gasteiger partial charge < -0.3 is 15.0 Å². The van der Waals surface area contributed by atoms with Crippen molar-refractivity contribution in [1.29, 1.82) is 0 Å². The number of methoxy groups -OCH3 is 1. The Kier molecular flexibility index (Phi) is 5.96. The third-order valence-corrected chi connectivity index (χ3v) is 5.80. The molecule has 5 nitrogen and oxygen atoms in total. The Bertz CT molecular complexity index is 1130. The van der Waals surface area contributed by atoms with Gasteiger partial charge in [0, 0.05) is 17.8 Å². The van der Waals surface area contributed by atoms with E-state index in [2.05, 4.69) is 5.32 Å². The van der Waals surface area contributed by atoms with Crippen LogP contribution < -0.4 is 10.1 Å². The molecule has 0 bridgehead atoms. The molecule has 0 spiro atoms. The fourth-order valence-electron chi connectivity index (χ4n) is 3.86. The smallest absolute Gasteiger partial charge is 0.255 e. The van der Waals surface area contributed by atoms with Gasteiger partial charge in [0.25, 0.3) is 5.91 Å². The molecule has 158 valence electrons. The summed E-state index contributed by atoms with van der Waals surface area (Å²) in [4.78, 5) is 27.8. The minimum absolute atomic E-state index is 0.0542. The Labute approximate surface area is 186 Å². The second-order valence-corrected chi connectivity index (χ2v) is 8.03. The van der Waals surface area contributed by atoms with Crippen molar-refractivity contribution in [3.8, 4) is 5.75 Å². The van der Waals surface area contributed by atoms with Gasteiger partial charge in [-0.2, -0.15) is 0 Å². The predicted octanol–water partition coefficient (Wildman–Crippen LogP) is 5.38. The number of hydrogen-bond acceptors (Lipinski definition) is 3. The lowest BCUT2D eigenvalue weighted by Gasteiger charge is -2.28. The molecular weight excluding hydrogens is 412 g/mol. The van der Waals surface area contributed by atoms with Crippen LogP contribution in [0, 0.1) is 6.92 Å². The number of anilines is 1. The van der Waals surface area contributed by atoms with E-state index < -0.39 is 0 Å². The summed E-state index contributed by atoms with van der Waals surface area (Å²) in [6.45, 7) is 2.49. The first kappa shape index (κ1) is 20.9. The van der Waals surface area contributed by atoms with Crippen molar-refractivity contribution in [2.24, 2.45) is 0 Å². The van der Waals surface area contributed by atoms with Crippen molar-refractivity contribution in [3.63, 3.8) is 0 Å². The first-order valence-electron chi connectivity index (χ1n) is 10.0. The Hall–Kier alpha value is -3.31. The molecule has 6 heteroatoms. The largest absolute Gasteiger partial charge is 0.495 e. The van der Waals surface area contributed by atoms with Gasteiger partial charge in [-0.3, -0.25) is 9.59 Å². The number of fused-ring (bicyclic) bond motifs is 1. The fraction of sp³-hybridized carbons (Fsp3) is 0.200. The van der Waals surface area contributed by atoms with E-state index in [-0.39, 0.29) is 24.3 Å². The average molecular weight is 435 g/mol. The van der Waals surface area contributed by atoms with Crippen molar-refractivity contribution in [1.82, 2.24) is 4.90 Å². The number of benzene rings is 3. The van der Waals surface area contributed by atoms with E-state index in [1.165, 1.54) is 7.11 Å². The highest BCUT2D eigenvalue weighted by atomic mass is 35.5. The number of carbonyl (C=O) groups excluding carboxylic acids is 2. The van der Waals surface area contributed by atoms with Crippen LogP contribution in [0.3, 0.4) is 0 Å². The molecular formula is C25H23ClN2O3. The van der Waals surface area contributed by atoms with Crippen LogP contribution in [0.5, 0.6) is 5.75 Å². The van der Waals surface area contributed by atoms with Crippen molar-refractivity contribution < 1.29 is 14.3 Å². The number of ether oxygens (including phenoxy) is 1. The van der Waals surface area contributed by atoms with Crippen molar-refractivity contribution in [2.45, 2.75) is 25.9 Å². The number of hydrogen-bond donors (Lipinski definition) is 1. The Morgan fingerprint density at radius 2 is 1.87 bits per heavy atom. The van der Waals surface area contributed by atoms with Crippen LogP contribution in [0.1, 0.15) is 39.5 Å². The number of nitrogens with one attached hydrogen (secondary N) is 1. The molecule has 1 aliphatic rings. The van der Waals surface area contributed by atoms with Gasteiger partial charge in [-0.05, 0) is 42.3 Å². The van der Waals surface area contributed by atoms with Gasteiger partial charge in [0.15, 0.2) is 0 Å². The van der Waals surface area contributed by atoms with Gasteiger partial charge in [-0.15, -0.1) is 0 Å². The van der Waals surface area contributed by atoms with E-state index in [1.807, 2.05) is 55.5 Å². The third-order valence-electron chi connectivity index (χ3n) is 5.50. The zero-order valence-electron chi connectivity index (χ0n) is 17.4. The lowest BCUT2D eigenvalue weighted by Crippen LogP contribution is -2.32. The van der Waals surface area contributed by atoms with Crippen LogP contribution in [0.2, 0.25) is 5.02 Å². The molecule has 1 atom stereocenters. The van der Waals surface area contributed by atoms with Crippen LogP contribution in [0.15, 0.2) is 66.7 Å².